The van der Waals surface area contributed by atoms with Crippen LogP contribution in [0.15, 0.2) is 17.2 Å². The third-order valence-corrected chi connectivity index (χ3v) is 6.57. The first-order valence-corrected chi connectivity index (χ1v) is 10.8. The van der Waals surface area contributed by atoms with E-state index >= 15 is 0 Å². The molecule has 0 saturated carbocycles. The van der Waals surface area contributed by atoms with Crippen LogP contribution in [0.25, 0.3) is 0 Å². The number of sulfone groups is 1. The van der Waals surface area contributed by atoms with Crippen LogP contribution in [0.1, 0.15) is 43.9 Å². The number of hydrogen-bond donors (Lipinski definition) is 0. The largest absolute Gasteiger partial charge is 0.322 e. The zero-order valence-corrected chi connectivity index (χ0v) is 16.5. The maximum Gasteiger partial charge on any atom is 0.175 e. The molecule has 3 rings (SSSR count). The summed E-state index contributed by atoms with van der Waals surface area (Å²) in [4.78, 5) is 2.33. The number of aromatic nitrogens is 3. The summed E-state index contributed by atoms with van der Waals surface area (Å²) in [7, 11) is -3.31. The Hall–Kier alpha value is -1.60. The van der Waals surface area contributed by atoms with Gasteiger partial charge in [-0.05, 0) is 43.4 Å². The summed E-state index contributed by atoms with van der Waals surface area (Å²) in [6.45, 7) is 6.72. The van der Waals surface area contributed by atoms with Gasteiger partial charge in [0.15, 0.2) is 15.7 Å². The maximum atomic E-state index is 12.0. The molecular formula is C17H23ClN4O2S. The highest BCUT2D eigenvalue weighted by Gasteiger charge is 2.29. The van der Waals surface area contributed by atoms with Gasteiger partial charge in [0.1, 0.15) is 0 Å². The highest BCUT2D eigenvalue weighted by atomic mass is 35.5. The summed E-state index contributed by atoms with van der Waals surface area (Å²) in [6, 6.07) is 2.07. The lowest BCUT2D eigenvalue weighted by atomic mass is 10.1. The predicted octanol–water partition coefficient (Wildman–Crippen LogP) is 3.70. The van der Waals surface area contributed by atoms with E-state index in [0.717, 1.165) is 36.3 Å². The highest BCUT2D eigenvalue weighted by molar-refractivity contribution is 7.90. The Morgan fingerprint density at radius 3 is 2.60 bits per heavy atom. The van der Waals surface area contributed by atoms with Crippen molar-refractivity contribution in [2.75, 3.05) is 17.7 Å². The van der Waals surface area contributed by atoms with Gasteiger partial charge in [0, 0.05) is 12.8 Å². The molecule has 1 aliphatic rings. The quantitative estimate of drug-likeness (QED) is 0.788. The maximum absolute atomic E-state index is 12.0. The minimum Gasteiger partial charge on any atom is -0.322 e. The molecular weight excluding hydrogens is 360 g/mol. The minimum absolute atomic E-state index is 0.304. The summed E-state index contributed by atoms with van der Waals surface area (Å²) >= 11 is 6.56. The first-order chi connectivity index (χ1) is 11.8. The Morgan fingerprint density at radius 2 is 2.00 bits per heavy atom. The van der Waals surface area contributed by atoms with Crippen LogP contribution in [0.3, 0.4) is 0 Å². The molecule has 0 unspecified atom stereocenters. The van der Waals surface area contributed by atoms with Crippen molar-refractivity contribution in [3.63, 3.8) is 0 Å². The van der Waals surface area contributed by atoms with Gasteiger partial charge in [-0.1, -0.05) is 30.7 Å². The predicted molar refractivity (Wildman–Crippen MR) is 99.6 cm³/mol. The van der Waals surface area contributed by atoms with Crippen LogP contribution in [-0.2, 0) is 16.3 Å². The molecule has 25 heavy (non-hydrogen) atoms. The number of nitrogens with zero attached hydrogens (tertiary/aromatic N) is 4. The smallest absolute Gasteiger partial charge is 0.175 e. The molecule has 2 heterocycles. The molecule has 6 nitrogen and oxygen atoms in total. The van der Waals surface area contributed by atoms with E-state index in [4.69, 9.17) is 11.6 Å². The van der Waals surface area contributed by atoms with E-state index in [1.54, 1.807) is 13.0 Å². The molecule has 0 bridgehead atoms. The van der Waals surface area contributed by atoms with Crippen molar-refractivity contribution in [2.45, 2.75) is 51.0 Å². The molecule has 1 aromatic carbocycles. The molecule has 0 amide bonds. The van der Waals surface area contributed by atoms with Gasteiger partial charge in [0.2, 0.25) is 0 Å². The number of halogens is 1. The second-order valence-corrected chi connectivity index (χ2v) is 8.88. The molecule has 0 fully saturated rings. The lowest BCUT2D eigenvalue weighted by Crippen LogP contribution is -2.14. The molecule has 136 valence electrons. The first kappa shape index (κ1) is 18.2. The standard InChI is InChI=1S/C17H23ClN4O2S/c1-5-13(6-2)22-10-15(19-20-22)21-8-7-12-9-14(25(4,23)24)11(3)16(18)17(12)21/h9-10,13H,5-8H2,1-4H3. The SMILES string of the molecule is CCC(CC)n1cc(N2CCc3cc(S(C)(=O)=O)c(C)c(Cl)c32)nn1. The van der Waals surface area contributed by atoms with Crippen LogP contribution < -0.4 is 4.90 Å². The average molecular weight is 383 g/mol. The Morgan fingerprint density at radius 1 is 1.32 bits per heavy atom. The fourth-order valence-corrected chi connectivity index (χ4v) is 4.83. The van der Waals surface area contributed by atoms with E-state index in [-0.39, 0.29) is 0 Å². The second-order valence-electron chi connectivity index (χ2n) is 6.52. The topological polar surface area (TPSA) is 68.1 Å². The van der Waals surface area contributed by atoms with E-state index in [1.165, 1.54) is 6.26 Å². The molecule has 0 saturated heterocycles. The van der Waals surface area contributed by atoms with Gasteiger partial charge in [0.05, 0.1) is 27.8 Å². The third-order valence-electron chi connectivity index (χ3n) is 4.88. The molecule has 0 spiro atoms. The highest BCUT2D eigenvalue weighted by Crippen LogP contribution is 2.43. The van der Waals surface area contributed by atoms with Gasteiger partial charge in [-0.2, -0.15) is 0 Å². The lowest BCUT2D eigenvalue weighted by molar-refractivity contribution is 0.418. The van der Waals surface area contributed by atoms with Crippen LogP contribution >= 0.6 is 11.6 Å². The van der Waals surface area contributed by atoms with E-state index in [9.17, 15) is 8.42 Å². The monoisotopic (exact) mass is 382 g/mol. The zero-order chi connectivity index (χ0) is 18.4. The van der Waals surface area contributed by atoms with E-state index in [1.807, 2.05) is 15.8 Å². The minimum atomic E-state index is -3.31. The first-order valence-electron chi connectivity index (χ1n) is 8.49. The van der Waals surface area contributed by atoms with Gasteiger partial charge >= 0.3 is 0 Å². The third kappa shape index (κ3) is 3.15. The Kier molecular flexibility index (Phi) is 4.81. The van der Waals surface area contributed by atoms with Crippen molar-refractivity contribution >= 4 is 32.9 Å². The summed E-state index contributed by atoms with van der Waals surface area (Å²) < 4.78 is 25.9. The fourth-order valence-electron chi connectivity index (χ4n) is 3.43. The Bertz CT molecular complexity index is 904. The Labute approximate surface area is 153 Å². The van der Waals surface area contributed by atoms with Crippen molar-refractivity contribution in [2.24, 2.45) is 0 Å². The lowest BCUT2D eigenvalue weighted by Gasteiger charge is -2.19. The molecule has 2 aromatic rings. The van der Waals surface area contributed by atoms with Crippen molar-refractivity contribution in [1.29, 1.82) is 0 Å². The second kappa shape index (κ2) is 6.61. The molecule has 0 atom stereocenters. The number of anilines is 2. The van der Waals surface area contributed by atoms with Crippen LogP contribution in [0, 0.1) is 6.92 Å². The van der Waals surface area contributed by atoms with Crippen LogP contribution in [0.2, 0.25) is 5.02 Å². The van der Waals surface area contributed by atoms with E-state index in [0.29, 0.717) is 28.1 Å². The number of rotatable bonds is 5. The normalized spacial score (nSPS) is 14.4. The summed E-state index contributed by atoms with van der Waals surface area (Å²) in [5, 5.41) is 9.07. The van der Waals surface area contributed by atoms with Gasteiger partial charge in [0.25, 0.3) is 0 Å². The summed E-state index contributed by atoms with van der Waals surface area (Å²) in [5.41, 5.74) is 2.37. The van der Waals surface area contributed by atoms with Crippen molar-refractivity contribution in [3.05, 3.63) is 28.4 Å². The summed E-state index contributed by atoms with van der Waals surface area (Å²) in [6.07, 6.45) is 5.88. The van der Waals surface area contributed by atoms with Crippen molar-refractivity contribution < 1.29 is 8.42 Å². The fraction of sp³-hybridized carbons (Fsp3) is 0.529. The van der Waals surface area contributed by atoms with Crippen LogP contribution in [0.5, 0.6) is 0 Å². The van der Waals surface area contributed by atoms with E-state index in [2.05, 4.69) is 24.2 Å². The number of benzene rings is 1. The average Bonchev–Trinajstić information content (AvgIpc) is 3.17. The van der Waals surface area contributed by atoms with Crippen molar-refractivity contribution in [3.8, 4) is 0 Å². The Balaban J connectivity index is 2.04. The van der Waals surface area contributed by atoms with Gasteiger partial charge in [-0.25, -0.2) is 13.1 Å². The molecule has 0 aliphatic carbocycles. The van der Waals surface area contributed by atoms with Gasteiger partial charge in [-0.15, -0.1) is 5.10 Å². The molecule has 8 heteroatoms. The molecule has 1 aromatic heterocycles. The van der Waals surface area contributed by atoms with Crippen LogP contribution in [0.4, 0.5) is 11.5 Å². The van der Waals surface area contributed by atoms with Gasteiger partial charge < -0.3 is 4.90 Å². The number of fused-ring (bicyclic) bond motifs is 1. The molecule has 1 aliphatic heterocycles. The molecule has 0 N–H and O–H groups in total. The summed E-state index contributed by atoms with van der Waals surface area (Å²) in [5.74, 6) is 0.749. The van der Waals surface area contributed by atoms with Crippen LogP contribution in [-0.4, -0.2) is 36.2 Å². The van der Waals surface area contributed by atoms with Gasteiger partial charge in [-0.3, -0.25) is 0 Å². The van der Waals surface area contributed by atoms with E-state index < -0.39 is 9.84 Å². The molecule has 0 radical (unpaired) electrons. The number of hydrogen-bond acceptors (Lipinski definition) is 5. The van der Waals surface area contributed by atoms with Crippen molar-refractivity contribution in [1.82, 2.24) is 15.0 Å². The zero-order valence-electron chi connectivity index (χ0n) is 15.0.